The molecule has 1 aliphatic heterocycles. The summed E-state index contributed by atoms with van der Waals surface area (Å²) in [6.45, 7) is 5.28. The first kappa shape index (κ1) is 21.2. The van der Waals surface area contributed by atoms with Gasteiger partial charge in [-0.15, -0.1) is 0 Å². The van der Waals surface area contributed by atoms with Crippen molar-refractivity contribution in [2.45, 2.75) is 13.2 Å². The van der Waals surface area contributed by atoms with E-state index in [2.05, 4.69) is 50.8 Å². The van der Waals surface area contributed by atoms with Crippen LogP contribution in [0.2, 0.25) is 0 Å². The van der Waals surface area contributed by atoms with Crippen LogP contribution in [0.5, 0.6) is 0 Å². The van der Waals surface area contributed by atoms with Gasteiger partial charge in [-0.3, -0.25) is 9.47 Å². The number of likely N-dealkylation sites (N-methyl/N-ethyl adjacent to an activating group) is 1. The van der Waals surface area contributed by atoms with Crippen LogP contribution in [0.3, 0.4) is 0 Å². The molecule has 2 aromatic carbocycles. The fourth-order valence-electron chi connectivity index (χ4n) is 4.52. The number of nitrogens with zero attached hydrogens (tertiary/aromatic N) is 8. The van der Waals surface area contributed by atoms with E-state index in [0.717, 1.165) is 59.6 Å². The molecule has 0 spiro atoms. The van der Waals surface area contributed by atoms with Crippen LogP contribution in [0.25, 0.3) is 27.6 Å². The molecule has 172 valence electrons. The second-order valence-corrected chi connectivity index (χ2v) is 9.19. The number of pyridine rings is 1. The number of benzene rings is 2. The van der Waals surface area contributed by atoms with Gasteiger partial charge >= 0.3 is 0 Å². The molecule has 0 amide bonds. The maximum atomic E-state index is 5.92. The van der Waals surface area contributed by atoms with Crippen LogP contribution >= 0.6 is 12.2 Å². The van der Waals surface area contributed by atoms with Gasteiger partial charge in [0.15, 0.2) is 11.5 Å². The predicted octanol–water partition coefficient (Wildman–Crippen LogP) is 3.55. The number of aromatic nitrogens is 6. The fourth-order valence-corrected chi connectivity index (χ4v) is 4.83. The van der Waals surface area contributed by atoms with Crippen molar-refractivity contribution in [3.63, 3.8) is 0 Å². The minimum Gasteiger partial charge on any atom is -0.304 e. The Balaban J connectivity index is 1.40. The van der Waals surface area contributed by atoms with Crippen LogP contribution in [-0.2, 0) is 13.2 Å². The molecule has 0 radical (unpaired) electrons. The highest BCUT2D eigenvalue weighted by Gasteiger charge is 2.19. The number of para-hydroxylation sites is 2. The summed E-state index contributed by atoms with van der Waals surface area (Å²) in [6.07, 6.45) is 1.87. The van der Waals surface area contributed by atoms with E-state index in [1.165, 1.54) is 0 Å². The number of hydrogen-bond donors (Lipinski definition) is 0. The smallest absolute Gasteiger partial charge is 0.203 e. The lowest BCUT2D eigenvalue weighted by molar-refractivity contribution is 0.118. The summed E-state index contributed by atoms with van der Waals surface area (Å²) in [5.74, 6) is 0.838. The van der Waals surface area contributed by atoms with E-state index >= 15 is 0 Å². The molecule has 1 fully saturated rings. The Morgan fingerprint density at radius 3 is 2.47 bits per heavy atom. The average molecular weight is 471 g/mol. The zero-order valence-corrected chi connectivity index (χ0v) is 19.9. The van der Waals surface area contributed by atoms with Gasteiger partial charge < -0.3 is 4.90 Å². The standard InChI is InChI=1S/C25H26N8S/c1-29-11-13-30(14-12-29)18-32-25(34)33(21-8-3-2-4-9-21)23(28-32)17-31-24-20(16-26-31)15-19-7-5-6-10-22(19)27-24/h2-10,15-16H,11-14,17-18H2,1H3. The molecular formula is C25H26N8S. The molecule has 1 saturated heterocycles. The molecule has 1 aliphatic rings. The lowest BCUT2D eigenvalue weighted by atomic mass is 10.2. The summed E-state index contributed by atoms with van der Waals surface area (Å²) in [5.41, 5.74) is 2.80. The normalized spacial score (nSPS) is 15.4. The van der Waals surface area contributed by atoms with Gasteiger partial charge in [-0.05, 0) is 43.5 Å². The van der Waals surface area contributed by atoms with Crippen molar-refractivity contribution in [3.8, 4) is 5.69 Å². The Bertz CT molecular complexity index is 1510. The van der Waals surface area contributed by atoms with E-state index in [1.807, 2.05) is 52.0 Å². The molecule has 6 rings (SSSR count). The van der Waals surface area contributed by atoms with Crippen molar-refractivity contribution in [3.05, 3.63) is 77.5 Å². The number of fused-ring (bicyclic) bond motifs is 2. The van der Waals surface area contributed by atoms with Crippen molar-refractivity contribution in [1.29, 1.82) is 0 Å². The van der Waals surface area contributed by atoms with Crippen molar-refractivity contribution in [2.75, 3.05) is 33.2 Å². The van der Waals surface area contributed by atoms with Crippen LogP contribution in [-0.4, -0.2) is 72.1 Å². The second-order valence-electron chi connectivity index (χ2n) is 8.83. The zero-order chi connectivity index (χ0) is 23.1. The van der Waals surface area contributed by atoms with Gasteiger partial charge in [0.2, 0.25) is 4.77 Å². The minimum absolute atomic E-state index is 0.475. The molecule has 34 heavy (non-hydrogen) atoms. The molecule has 0 aliphatic carbocycles. The van der Waals surface area contributed by atoms with E-state index < -0.39 is 0 Å². The van der Waals surface area contributed by atoms with Crippen molar-refractivity contribution >= 4 is 34.2 Å². The maximum absolute atomic E-state index is 5.92. The Morgan fingerprint density at radius 1 is 0.882 bits per heavy atom. The lowest BCUT2D eigenvalue weighted by Crippen LogP contribution is -2.45. The molecule has 0 N–H and O–H groups in total. The van der Waals surface area contributed by atoms with Crippen LogP contribution in [0.15, 0.2) is 66.9 Å². The van der Waals surface area contributed by atoms with Crippen molar-refractivity contribution in [2.24, 2.45) is 0 Å². The van der Waals surface area contributed by atoms with E-state index in [1.54, 1.807) is 0 Å². The Morgan fingerprint density at radius 2 is 1.65 bits per heavy atom. The molecule has 3 aromatic heterocycles. The Labute approximate surface area is 202 Å². The second kappa shape index (κ2) is 8.75. The van der Waals surface area contributed by atoms with Gasteiger partial charge in [-0.1, -0.05) is 36.4 Å². The number of rotatable bonds is 5. The number of hydrogen-bond acceptors (Lipinski definition) is 6. The zero-order valence-electron chi connectivity index (χ0n) is 19.1. The van der Waals surface area contributed by atoms with E-state index in [-0.39, 0.29) is 0 Å². The van der Waals surface area contributed by atoms with Gasteiger partial charge in [-0.25, -0.2) is 14.3 Å². The van der Waals surface area contributed by atoms with Crippen LogP contribution in [0.1, 0.15) is 5.82 Å². The van der Waals surface area contributed by atoms with Crippen molar-refractivity contribution in [1.82, 2.24) is 38.9 Å². The SMILES string of the molecule is CN1CCN(Cn2nc(Cn3ncc4cc5ccccc5nc43)n(-c3ccccc3)c2=S)CC1. The molecular weight excluding hydrogens is 444 g/mol. The van der Waals surface area contributed by atoms with E-state index in [0.29, 0.717) is 18.0 Å². The average Bonchev–Trinajstić information content (AvgIpc) is 3.39. The largest absolute Gasteiger partial charge is 0.304 e. The summed E-state index contributed by atoms with van der Waals surface area (Å²) in [5, 5.41) is 11.8. The maximum Gasteiger partial charge on any atom is 0.203 e. The highest BCUT2D eigenvalue weighted by atomic mass is 32.1. The third-order valence-corrected chi connectivity index (χ3v) is 6.85. The van der Waals surface area contributed by atoms with Gasteiger partial charge in [0.05, 0.1) is 18.4 Å². The molecule has 0 bridgehead atoms. The van der Waals surface area contributed by atoms with E-state index in [9.17, 15) is 0 Å². The first-order chi connectivity index (χ1) is 16.7. The summed E-state index contributed by atoms with van der Waals surface area (Å²) in [4.78, 5) is 9.64. The van der Waals surface area contributed by atoms with Gasteiger partial charge in [0.25, 0.3) is 0 Å². The highest BCUT2D eigenvalue weighted by Crippen LogP contribution is 2.21. The van der Waals surface area contributed by atoms with Crippen LogP contribution < -0.4 is 0 Å². The van der Waals surface area contributed by atoms with Crippen LogP contribution in [0, 0.1) is 4.77 Å². The van der Waals surface area contributed by atoms with E-state index in [4.69, 9.17) is 22.3 Å². The lowest BCUT2D eigenvalue weighted by Gasteiger charge is -2.31. The molecule has 5 aromatic rings. The number of piperazine rings is 1. The first-order valence-electron chi connectivity index (χ1n) is 11.5. The Hall–Kier alpha value is -3.40. The molecule has 0 atom stereocenters. The highest BCUT2D eigenvalue weighted by molar-refractivity contribution is 7.71. The monoisotopic (exact) mass is 470 g/mol. The third-order valence-electron chi connectivity index (χ3n) is 6.45. The van der Waals surface area contributed by atoms with Gasteiger partial charge in [0, 0.05) is 42.6 Å². The molecule has 9 heteroatoms. The summed E-state index contributed by atoms with van der Waals surface area (Å²) in [6, 6.07) is 20.5. The molecule has 8 nitrogen and oxygen atoms in total. The molecule has 4 heterocycles. The first-order valence-corrected chi connectivity index (χ1v) is 11.9. The Kier molecular flexibility index (Phi) is 5.44. The van der Waals surface area contributed by atoms with Gasteiger partial charge in [0.1, 0.15) is 6.54 Å². The third kappa shape index (κ3) is 3.91. The molecule has 0 unspecified atom stereocenters. The van der Waals surface area contributed by atoms with Crippen LogP contribution in [0.4, 0.5) is 0 Å². The van der Waals surface area contributed by atoms with Gasteiger partial charge in [-0.2, -0.15) is 10.2 Å². The summed E-state index contributed by atoms with van der Waals surface area (Å²) < 4.78 is 6.60. The summed E-state index contributed by atoms with van der Waals surface area (Å²) >= 11 is 5.92. The minimum atomic E-state index is 0.475. The molecule has 0 saturated carbocycles. The fraction of sp³-hybridized carbons (Fsp3) is 0.280. The quantitative estimate of drug-likeness (QED) is 0.366. The predicted molar refractivity (Wildman–Crippen MR) is 136 cm³/mol. The topological polar surface area (TPSA) is 59.9 Å². The summed E-state index contributed by atoms with van der Waals surface area (Å²) in [7, 11) is 2.16. The van der Waals surface area contributed by atoms with Crippen molar-refractivity contribution < 1.29 is 0 Å².